The summed E-state index contributed by atoms with van der Waals surface area (Å²) in [5.74, 6) is -0.445. The minimum absolute atomic E-state index is 0.0273. The zero-order chi connectivity index (χ0) is 18.9. The van der Waals surface area contributed by atoms with Crippen LogP contribution in [0.1, 0.15) is 12.8 Å². The summed E-state index contributed by atoms with van der Waals surface area (Å²) < 4.78 is 43.5. The van der Waals surface area contributed by atoms with E-state index >= 15 is 0 Å². The molecule has 2 heterocycles. The van der Waals surface area contributed by atoms with Crippen molar-refractivity contribution in [2.45, 2.75) is 17.7 Å². The Kier molecular flexibility index (Phi) is 4.48. The zero-order valence-corrected chi connectivity index (χ0v) is 15.1. The lowest BCUT2D eigenvalue weighted by molar-refractivity contribution is 0.601. The molecule has 0 bridgehead atoms. The first-order chi connectivity index (χ1) is 13.0. The topological polar surface area (TPSA) is 93.0 Å². The van der Waals surface area contributed by atoms with Crippen molar-refractivity contribution in [2.75, 3.05) is 22.7 Å². The van der Waals surface area contributed by atoms with Gasteiger partial charge in [-0.25, -0.2) is 17.5 Å². The predicted molar refractivity (Wildman–Crippen MR) is 97.8 cm³/mol. The fraction of sp³-hybridized carbons (Fsp3) is 0.235. The van der Waals surface area contributed by atoms with Gasteiger partial charge in [0.25, 0.3) is 10.0 Å². The van der Waals surface area contributed by atoms with Crippen molar-refractivity contribution < 1.29 is 12.8 Å². The van der Waals surface area contributed by atoms with Crippen molar-refractivity contribution in [3.8, 4) is 5.69 Å². The molecule has 0 radical (unpaired) electrons. The van der Waals surface area contributed by atoms with Crippen molar-refractivity contribution in [1.82, 2.24) is 20.2 Å². The van der Waals surface area contributed by atoms with Gasteiger partial charge in [-0.05, 0) is 53.6 Å². The average molecular weight is 388 g/mol. The van der Waals surface area contributed by atoms with Crippen LogP contribution in [0.25, 0.3) is 5.69 Å². The number of halogens is 1. The molecule has 27 heavy (non-hydrogen) atoms. The monoisotopic (exact) mass is 388 g/mol. The van der Waals surface area contributed by atoms with Gasteiger partial charge in [-0.2, -0.15) is 0 Å². The highest BCUT2D eigenvalue weighted by Crippen LogP contribution is 2.27. The van der Waals surface area contributed by atoms with E-state index < -0.39 is 15.8 Å². The van der Waals surface area contributed by atoms with Crippen LogP contribution in [-0.2, 0) is 10.0 Å². The lowest BCUT2D eigenvalue weighted by Gasteiger charge is -2.19. The van der Waals surface area contributed by atoms with Crippen LogP contribution in [0.15, 0.2) is 53.7 Å². The van der Waals surface area contributed by atoms with E-state index in [-0.39, 0.29) is 10.6 Å². The van der Waals surface area contributed by atoms with Gasteiger partial charge in [-0.15, -0.1) is 5.10 Å². The van der Waals surface area contributed by atoms with Crippen LogP contribution in [-0.4, -0.2) is 41.7 Å². The smallest absolute Gasteiger partial charge is 0.261 e. The van der Waals surface area contributed by atoms with Gasteiger partial charge >= 0.3 is 0 Å². The Labute approximate surface area is 155 Å². The van der Waals surface area contributed by atoms with Gasteiger partial charge in [0.05, 0.1) is 22.0 Å². The first-order valence-corrected chi connectivity index (χ1v) is 9.92. The van der Waals surface area contributed by atoms with E-state index in [1.165, 1.54) is 29.2 Å². The first-order valence-electron chi connectivity index (χ1n) is 8.44. The molecule has 0 saturated carbocycles. The van der Waals surface area contributed by atoms with Crippen molar-refractivity contribution in [1.29, 1.82) is 0 Å². The third-order valence-corrected chi connectivity index (χ3v) is 5.77. The number of nitrogens with one attached hydrogen (secondary N) is 1. The van der Waals surface area contributed by atoms with E-state index in [0.29, 0.717) is 11.4 Å². The summed E-state index contributed by atoms with van der Waals surface area (Å²) in [6, 6.07) is 10.5. The highest BCUT2D eigenvalue weighted by atomic mass is 32.2. The summed E-state index contributed by atoms with van der Waals surface area (Å²) in [6.07, 6.45) is 3.43. The number of rotatable bonds is 5. The Morgan fingerprint density at radius 3 is 2.59 bits per heavy atom. The minimum Gasteiger partial charge on any atom is -0.369 e. The Balaban J connectivity index is 1.58. The highest BCUT2D eigenvalue weighted by Gasteiger charge is 2.19. The molecule has 0 atom stereocenters. The predicted octanol–water partition coefficient (Wildman–Crippen LogP) is 2.20. The van der Waals surface area contributed by atoms with Crippen LogP contribution in [0.2, 0.25) is 0 Å². The van der Waals surface area contributed by atoms with Gasteiger partial charge in [0.1, 0.15) is 12.1 Å². The maximum atomic E-state index is 14.4. The molecule has 1 fully saturated rings. The maximum absolute atomic E-state index is 14.4. The second-order valence-corrected chi connectivity index (χ2v) is 7.90. The van der Waals surface area contributed by atoms with Gasteiger partial charge in [-0.3, -0.25) is 4.72 Å². The molecule has 2 aromatic carbocycles. The summed E-state index contributed by atoms with van der Waals surface area (Å²) in [6.45, 7) is 1.62. The molecule has 0 amide bonds. The van der Waals surface area contributed by atoms with Crippen molar-refractivity contribution in [3.05, 3.63) is 54.6 Å². The van der Waals surface area contributed by atoms with Crippen LogP contribution in [0.4, 0.5) is 15.8 Å². The minimum atomic E-state index is -3.89. The van der Waals surface area contributed by atoms with E-state index in [9.17, 15) is 12.8 Å². The molecule has 140 valence electrons. The highest BCUT2D eigenvalue weighted by molar-refractivity contribution is 7.92. The van der Waals surface area contributed by atoms with E-state index in [1.807, 2.05) is 4.90 Å². The fourth-order valence-electron chi connectivity index (χ4n) is 3.07. The van der Waals surface area contributed by atoms with Gasteiger partial charge in [0, 0.05) is 19.2 Å². The lowest BCUT2D eigenvalue weighted by atomic mass is 10.2. The van der Waals surface area contributed by atoms with Crippen molar-refractivity contribution >= 4 is 21.4 Å². The number of aromatic nitrogens is 4. The normalized spacial score (nSPS) is 14.5. The van der Waals surface area contributed by atoms with E-state index in [1.54, 1.807) is 24.3 Å². The van der Waals surface area contributed by atoms with Gasteiger partial charge < -0.3 is 4.90 Å². The van der Waals surface area contributed by atoms with Gasteiger partial charge in [-0.1, -0.05) is 6.07 Å². The molecule has 1 aliphatic rings. The molecule has 8 nitrogen and oxygen atoms in total. The van der Waals surface area contributed by atoms with Crippen LogP contribution < -0.4 is 9.62 Å². The van der Waals surface area contributed by atoms with E-state index in [4.69, 9.17) is 0 Å². The molecule has 0 aliphatic carbocycles. The van der Waals surface area contributed by atoms with E-state index in [2.05, 4.69) is 20.2 Å². The SMILES string of the molecule is O=S(=O)(Nc1ccc(N2CCCC2)c(F)c1)c1cccc(-n2cnnn2)c1. The molecule has 1 aliphatic heterocycles. The number of benzene rings is 2. The Hall–Kier alpha value is -3.01. The molecule has 0 spiro atoms. The number of anilines is 2. The molecular weight excluding hydrogens is 371 g/mol. The van der Waals surface area contributed by atoms with Gasteiger partial charge in [0.15, 0.2) is 0 Å². The zero-order valence-electron chi connectivity index (χ0n) is 14.3. The fourth-order valence-corrected chi connectivity index (χ4v) is 4.16. The summed E-state index contributed by atoms with van der Waals surface area (Å²) >= 11 is 0. The first kappa shape index (κ1) is 17.4. The summed E-state index contributed by atoms with van der Waals surface area (Å²) in [5.41, 5.74) is 1.16. The molecule has 1 N–H and O–H groups in total. The Bertz CT molecular complexity index is 1050. The standard InChI is InChI=1S/C17H17FN6O2S/c18-16-10-13(6-7-17(16)23-8-1-2-9-23)20-27(25,26)15-5-3-4-14(11-15)24-12-19-21-22-24/h3-7,10-12,20H,1-2,8-9H2. The number of hydrogen-bond donors (Lipinski definition) is 1. The number of nitrogens with zero attached hydrogens (tertiary/aromatic N) is 5. The summed E-state index contributed by atoms with van der Waals surface area (Å²) in [7, 11) is -3.89. The maximum Gasteiger partial charge on any atom is 0.261 e. The van der Waals surface area contributed by atoms with Crippen LogP contribution >= 0.6 is 0 Å². The quantitative estimate of drug-likeness (QED) is 0.720. The molecular formula is C17H17FN6O2S. The average Bonchev–Trinajstić information content (AvgIpc) is 3.36. The summed E-state index contributed by atoms with van der Waals surface area (Å²) in [4.78, 5) is 1.99. The molecule has 1 saturated heterocycles. The Morgan fingerprint density at radius 1 is 1.07 bits per heavy atom. The van der Waals surface area contributed by atoms with Gasteiger partial charge in [0.2, 0.25) is 0 Å². The summed E-state index contributed by atoms with van der Waals surface area (Å²) in [5, 5.41) is 10.8. The van der Waals surface area contributed by atoms with Crippen LogP contribution in [0.3, 0.4) is 0 Å². The lowest BCUT2D eigenvalue weighted by Crippen LogP contribution is -2.19. The third-order valence-electron chi connectivity index (χ3n) is 4.39. The second-order valence-electron chi connectivity index (χ2n) is 6.22. The van der Waals surface area contributed by atoms with Crippen molar-refractivity contribution in [2.24, 2.45) is 0 Å². The molecule has 4 rings (SSSR count). The molecule has 10 heteroatoms. The number of hydrogen-bond acceptors (Lipinski definition) is 6. The third kappa shape index (κ3) is 3.61. The second kappa shape index (κ2) is 6.95. The molecule has 3 aromatic rings. The number of tetrazole rings is 1. The van der Waals surface area contributed by atoms with E-state index in [0.717, 1.165) is 25.9 Å². The Morgan fingerprint density at radius 2 is 1.89 bits per heavy atom. The van der Waals surface area contributed by atoms with Crippen LogP contribution in [0.5, 0.6) is 0 Å². The number of sulfonamides is 1. The molecule has 0 unspecified atom stereocenters. The van der Waals surface area contributed by atoms with Crippen molar-refractivity contribution in [3.63, 3.8) is 0 Å². The largest absolute Gasteiger partial charge is 0.369 e. The molecule has 1 aromatic heterocycles. The van der Waals surface area contributed by atoms with Crippen LogP contribution in [0, 0.1) is 5.82 Å².